The Balaban J connectivity index is 1.46. The number of hydrogen-bond donors (Lipinski definition) is 2. The predicted octanol–water partition coefficient (Wildman–Crippen LogP) is 7.92. The quantitative estimate of drug-likeness (QED) is 0.147. The van der Waals surface area contributed by atoms with Gasteiger partial charge in [0.25, 0.3) is 10.1 Å². The summed E-state index contributed by atoms with van der Waals surface area (Å²) in [4.78, 5) is 2.42. The largest absolute Gasteiger partial charge is 0.344 e. The van der Waals surface area contributed by atoms with Gasteiger partial charge in [-0.3, -0.25) is 4.55 Å². The van der Waals surface area contributed by atoms with Crippen LogP contribution in [0.2, 0.25) is 0 Å². The number of halogens is 1. The van der Waals surface area contributed by atoms with Crippen LogP contribution in [0.15, 0.2) is 94.7 Å². The molecule has 240 valence electrons. The Hall–Kier alpha value is -2.97. The SMILES string of the molecule is CC1(C)C(/C=C/C2=C(Cl)C(=C/C=C3/N(CCCN)c4ccccc4C3(C)C)/CCC2)=[N+](CCCCS(=O)(=O)O)c2ccccc21. The molecule has 0 bridgehead atoms. The number of rotatable bonds is 11. The molecule has 0 amide bonds. The van der Waals surface area contributed by atoms with Gasteiger partial charge in [-0.25, -0.2) is 0 Å². The number of nitrogens with two attached hydrogens (primary N) is 1. The molecule has 2 aromatic carbocycles. The van der Waals surface area contributed by atoms with Crippen LogP contribution in [-0.2, 0) is 20.9 Å². The smallest absolute Gasteiger partial charge is 0.264 e. The maximum Gasteiger partial charge on any atom is 0.264 e. The van der Waals surface area contributed by atoms with Crippen LogP contribution in [0.3, 0.4) is 0 Å². The fraction of sp³-hybridized carbons (Fsp3) is 0.432. The second kappa shape index (κ2) is 13.4. The second-order valence-corrected chi connectivity index (χ2v) is 15.3. The Morgan fingerprint density at radius 1 is 0.933 bits per heavy atom. The average molecular weight is 649 g/mol. The Labute approximate surface area is 274 Å². The zero-order chi connectivity index (χ0) is 32.4. The molecule has 0 saturated heterocycles. The molecule has 1 aliphatic carbocycles. The molecule has 0 radical (unpaired) electrons. The van der Waals surface area contributed by atoms with Gasteiger partial charge in [0.15, 0.2) is 5.71 Å². The molecule has 2 aliphatic heterocycles. The van der Waals surface area contributed by atoms with Gasteiger partial charge < -0.3 is 10.6 Å². The first kappa shape index (κ1) is 33.4. The van der Waals surface area contributed by atoms with E-state index in [1.54, 1.807) is 0 Å². The summed E-state index contributed by atoms with van der Waals surface area (Å²) in [6.07, 6.45) is 13.7. The first-order valence-corrected chi connectivity index (χ1v) is 18.1. The molecule has 6 nitrogen and oxygen atoms in total. The minimum atomic E-state index is -3.97. The van der Waals surface area contributed by atoms with Crippen molar-refractivity contribution in [3.05, 3.63) is 106 Å². The lowest BCUT2D eigenvalue weighted by molar-refractivity contribution is -0.438. The number of nitrogens with zero attached hydrogens (tertiary/aromatic N) is 2. The van der Waals surface area contributed by atoms with Crippen LogP contribution in [0.4, 0.5) is 11.4 Å². The van der Waals surface area contributed by atoms with Crippen LogP contribution in [0.1, 0.15) is 77.3 Å². The highest BCUT2D eigenvalue weighted by atomic mass is 35.5. The standard InChI is InChI=1S/C37H46ClN3O3S/c1-36(2)29-15-5-7-17-31(29)40(24-9-10-26-45(42,43)44)33(36)21-19-27-13-11-14-28(35(27)38)20-22-34-37(3,4)30-16-6-8-18-32(30)41(34)25-12-23-39/h5-8,15-22H,9-14,23-26,39H2,1-4H3/p+1. The van der Waals surface area contributed by atoms with Gasteiger partial charge in [0, 0.05) is 52.5 Å². The van der Waals surface area contributed by atoms with Crippen LogP contribution in [0.5, 0.6) is 0 Å². The van der Waals surface area contributed by atoms with Crippen LogP contribution in [0.25, 0.3) is 0 Å². The molecule has 0 spiro atoms. The molecule has 0 saturated carbocycles. The van der Waals surface area contributed by atoms with Crippen molar-refractivity contribution in [2.45, 2.75) is 77.0 Å². The number of benzene rings is 2. The van der Waals surface area contributed by atoms with Gasteiger partial charge in [-0.2, -0.15) is 13.0 Å². The summed E-state index contributed by atoms with van der Waals surface area (Å²) in [6, 6.07) is 17.1. The van der Waals surface area contributed by atoms with E-state index >= 15 is 0 Å². The van der Waals surface area contributed by atoms with Crippen molar-refractivity contribution >= 4 is 38.8 Å². The van der Waals surface area contributed by atoms with E-state index in [1.165, 1.54) is 22.5 Å². The van der Waals surface area contributed by atoms with E-state index in [0.29, 0.717) is 25.9 Å². The topological polar surface area (TPSA) is 86.6 Å². The summed E-state index contributed by atoms with van der Waals surface area (Å²) in [5.41, 5.74) is 15.3. The van der Waals surface area contributed by atoms with Gasteiger partial charge in [-0.15, -0.1) is 0 Å². The van der Waals surface area contributed by atoms with Gasteiger partial charge in [0.2, 0.25) is 5.69 Å². The predicted molar refractivity (Wildman–Crippen MR) is 187 cm³/mol. The number of fused-ring (bicyclic) bond motifs is 2. The molecule has 2 heterocycles. The molecule has 0 unspecified atom stereocenters. The van der Waals surface area contributed by atoms with Crippen molar-refractivity contribution in [2.75, 3.05) is 30.3 Å². The van der Waals surface area contributed by atoms with Crippen LogP contribution < -0.4 is 10.6 Å². The second-order valence-electron chi connectivity index (χ2n) is 13.4. The summed E-state index contributed by atoms with van der Waals surface area (Å²) in [6.45, 7) is 11.2. The molecule has 0 fully saturated rings. The lowest BCUT2D eigenvalue weighted by Crippen LogP contribution is -2.28. The van der Waals surface area contributed by atoms with Crippen LogP contribution in [-0.4, -0.2) is 48.6 Å². The maximum absolute atomic E-state index is 11.3. The molecule has 3 aliphatic rings. The van der Waals surface area contributed by atoms with Gasteiger partial charge >= 0.3 is 0 Å². The van der Waals surface area contributed by atoms with E-state index < -0.39 is 10.1 Å². The third-order valence-corrected chi connectivity index (χ3v) is 10.8. The van der Waals surface area contributed by atoms with Crippen molar-refractivity contribution in [3.8, 4) is 0 Å². The first-order chi connectivity index (χ1) is 21.4. The molecule has 45 heavy (non-hydrogen) atoms. The van der Waals surface area contributed by atoms with E-state index in [1.807, 2.05) is 6.07 Å². The minimum Gasteiger partial charge on any atom is -0.344 e. The Bertz CT molecular complexity index is 1710. The number of para-hydroxylation sites is 2. The van der Waals surface area contributed by atoms with Gasteiger partial charge in [0.05, 0.1) is 11.2 Å². The third-order valence-electron chi connectivity index (χ3n) is 9.56. The first-order valence-electron chi connectivity index (χ1n) is 16.1. The van der Waals surface area contributed by atoms with Crippen molar-refractivity contribution in [3.63, 3.8) is 0 Å². The Morgan fingerprint density at radius 3 is 2.38 bits per heavy atom. The average Bonchev–Trinajstić information content (AvgIpc) is 3.35. The molecule has 2 aromatic rings. The van der Waals surface area contributed by atoms with Gasteiger partial charge in [-0.05, 0) is 81.3 Å². The molecular formula is C37H47ClN3O3S+. The monoisotopic (exact) mass is 648 g/mol. The summed E-state index contributed by atoms with van der Waals surface area (Å²) in [7, 11) is -3.97. The van der Waals surface area contributed by atoms with E-state index in [9.17, 15) is 13.0 Å². The minimum absolute atomic E-state index is 0.125. The Morgan fingerprint density at radius 2 is 1.64 bits per heavy atom. The van der Waals surface area contributed by atoms with Crippen molar-refractivity contribution in [1.82, 2.24) is 0 Å². The highest BCUT2D eigenvalue weighted by Gasteiger charge is 2.44. The van der Waals surface area contributed by atoms with Crippen LogP contribution >= 0.6 is 11.6 Å². The lowest BCUT2D eigenvalue weighted by Gasteiger charge is -2.27. The number of allylic oxidation sites excluding steroid dienone is 8. The van der Waals surface area contributed by atoms with Gasteiger partial charge in [-0.1, -0.05) is 74.0 Å². The summed E-state index contributed by atoms with van der Waals surface area (Å²) in [5, 5.41) is 0.824. The number of unbranched alkanes of at least 4 members (excludes halogenated alkanes) is 1. The fourth-order valence-corrected chi connectivity index (χ4v) is 8.02. The molecule has 8 heteroatoms. The van der Waals surface area contributed by atoms with E-state index in [4.69, 9.17) is 17.3 Å². The fourth-order valence-electron chi connectivity index (χ4n) is 7.13. The van der Waals surface area contributed by atoms with E-state index in [-0.39, 0.29) is 16.6 Å². The molecule has 0 atom stereocenters. The van der Waals surface area contributed by atoms with Gasteiger partial charge in [0.1, 0.15) is 6.54 Å². The maximum atomic E-state index is 11.3. The lowest BCUT2D eigenvalue weighted by atomic mass is 9.81. The Kier molecular flexibility index (Phi) is 9.95. The molecule has 3 N–H and O–H groups in total. The van der Waals surface area contributed by atoms with E-state index in [2.05, 4.69) is 104 Å². The van der Waals surface area contributed by atoms with Crippen molar-refractivity contribution in [1.29, 1.82) is 0 Å². The highest BCUT2D eigenvalue weighted by molar-refractivity contribution is 7.85. The van der Waals surface area contributed by atoms with Crippen molar-refractivity contribution < 1.29 is 17.5 Å². The zero-order valence-corrected chi connectivity index (χ0v) is 28.6. The summed E-state index contributed by atoms with van der Waals surface area (Å²) >= 11 is 7.14. The summed E-state index contributed by atoms with van der Waals surface area (Å²) < 4.78 is 34.1. The zero-order valence-electron chi connectivity index (χ0n) is 27.0. The third kappa shape index (κ3) is 6.92. The van der Waals surface area contributed by atoms with Crippen LogP contribution in [0, 0.1) is 0 Å². The normalized spacial score (nSPS) is 21.0. The summed E-state index contributed by atoms with van der Waals surface area (Å²) in [5.74, 6) is -0.223. The highest BCUT2D eigenvalue weighted by Crippen LogP contribution is 2.48. The number of hydrogen-bond acceptors (Lipinski definition) is 4. The number of anilines is 1. The molecular weight excluding hydrogens is 602 g/mol. The molecule has 0 aromatic heterocycles. The van der Waals surface area contributed by atoms with E-state index in [0.717, 1.165) is 59.8 Å². The van der Waals surface area contributed by atoms with Crippen molar-refractivity contribution in [2.24, 2.45) is 5.73 Å². The molecule has 5 rings (SSSR count).